The zero-order valence-corrected chi connectivity index (χ0v) is 15.9. The van der Waals surface area contributed by atoms with Gasteiger partial charge >= 0.3 is 0 Å². The molecule has 0 saturated carbocycles. The first-order chi connectivity index (χ1) is 13.1. The molecule has 0 spiro atoms. The molecule has 140 valence electrons. The standard InChI is InChI=1S/C22H25N3O2/c1-16-5-3-4-6-20(16)18-13-19-15-24(9-10-25-17(2)7-8-23-25)11-12-27-22(19)21(26)14-18/h3-8,13-14,26H,9-12,15H2,1-2H3. The fourth-order valence-corrected chi connectivity index (χ4v) is 3.67. The molecule has 0 bridgehead atoms. The molecule has 0 aliphatic carbocycles. The number of hydrogen-bond acceptors (Lipinski definition) is 4. The fourth-order valence-electron chi connectivity index (χ4n) is 3.67. The van der Waals surface area contributed by atoms with Gasteiger partial charge in [0.1, 0.15) is 6.61 Å². The monoisotopic (exact) mass is 363 g/mol. The molecule has 4 rings (SSSR count). The molecule has 0 amide bonds. The van der Waals surface area contributed by atoms with Crippen molar-refractivity contribution in [2.75, 3.05) is 19.7 Å². The second kappa shape index (κ2) is 7.45. The molecule has 3 aromatic rings. The SMILES string of the molecule is Cc1ccccc1-c1cc(O)c2c(c1)CN(CCn1nccc1C)CCO2. The van der Waals surface area contributed by atoms with Crippen LogP contribution in [0.4, 0.5) is 0 Å². The lowest BCUT2D eigenvalue weighted by atomic mass is 9.98. The third-order valence-electron chi connectivity index (χ3n) is 5.21. The van der Waals surface area contributed by atoms with Crippen LogP contribution in [-0.4, -0.2) is 39.5 Å². The van der Waals surface area contributed by atoms with E-state index < -0.39 is 0 Å². The van der Waals surface area contributed by atoms with E-state index in [2.05, 4.69) is 42.0 Å². The average molecular weight is 363 g/mol. The molecule has 0 radical (unpaired) electrons. The van der Waals surface area contributed by atoms with E-state index in [1.54, 1.807) is 0 Å². The zero-order valence-electron chi connectivity index (χ0n) is 15.9. The molecule has 0 fully saturated rings. The van der Waals surface area contributed by atoms with Gasteiger partial charge in [0.05, 0.1) is 6.54 Å². The maximum atomic E-state index is 10.6. The molecule has 1 aliphatic rings. The highest BCUT2D eigenvalue weighted by atomic mass is 16.5. The third-order valence-corrected chi connectivity index (χ3v) is 5.21. The number of aromatic hydroxyl groups is 1. The van der Waals surface area contributed by atoms with Crippen LogP contribution < -0.4 is 4.74 Å². The summed E-state index contributed by atoms with van der Waals surface area (Å²) in [6, 6.07) is 14.2. The molecule has 1 aliphatic heterocycles. The fraction of sp³-hybridized carbons (Fsp3) is 0.318. The van der Waals surface area contributed by atoms with Crippen LogP contribution in [0.25, 0.3) is 11.1 Å². The number of benzene rings is 2. The van der Waals surface area contributed by atoms with Gasteiger partial charge in [-0.1, -0.05) is 24.3 Å². The highest BCUT2D eigenvalue weighted by Gasteiger charge is 2.20. The van der Waals surface area contributed by atoms with Gasteiger partial charge in [0, 0.05) is 37.1 Å². The molecule has 1 aromatic heterocycles. The van der Waals surface area contributed by atoms with Gasteiger partial charge < -0.3 is 9.84 Å². The Labute approximate surface area is 159 Å². The van der Waals surface area contributed by atoms with Crippen molar-refractivity contribution >= 4 is 0 Å². The minimum atomic E-state index is 0.218. The van der Waals surface area contributed by atoms with Crippen molar-refractivity contribution in [2.24, 2.45) is 0 Å². The van der Waals surface area contributed by atoms with Gasteiger partial charge in [0.25, 0.3) is 0 Å². The van der Waals surface area contributed by atoms with E-state index in [9.17, 15) is 5.11 Å². The smallest absolute Gasteiger partial charge is 0.165 e. The lowest BCUT2D eigenvalue weighted by Gasteiger charge is -2.20. The minimum Gasteiger partial charge on any atom is -0.504 e. The predicted molar refractivity (Wildman–Crippen MR) is 106 cm³/mol. The number of fused-ring (bicyclic) bond motifs is 1. The Morgan fingerprint density at radius 2 is 1.96 bits per heavy atom. The maximum absolute atomic E-state index is 10.6. The molecule has 0 saturated heterocycles. The highest BCUT2D eigenvalue weighted by molar-refractivity contribution is 5.71. The number of rotatable bonds is 4. The molecular weight excluding hydrogens is 338 g/mol. The second-order valence-corrected chi connectivity index (χ2v) is 7.12. The second-order valence-electron chi connectivity index (χ2n) is 7.12. The van der Waals surface area contributed by atoms with Crippen LogP contribution in [0.3, 0.4) is 0 Å². The Morgan fingerprint density at radius 1 is 1.11 bits per heavy atom. The van der Waals surface area contributed by atoms with Gasteiger partial charge in [-0.2, -0.15) is 5.10 Å². The van der Waals surface area contributed by atoms with Crippen LogP contribution >= 0.6 is 0 Å². The van der Waals surface area contributed by atoms with Crippen LogP contribution in [0.1, 0.15) is 16.8 Å². The molecule has 5 heteroatoms. The summed E-state index contributed by atoms with van der Waals surface area (Å²) in [4.78, 5) is 2.36. The van der Waals surface area contributed by atoms with Crippen molar-refractivity contribution < 1.29 is 9.84 Å². The summed E-state index contributed by atoms with van der Waals surface area (Å²) in [5, 5.41) is 14.9. The maximum Gasteiger partial charge on any atom is 0.165 e. The third kappa shape index (κ3) is 3.69. The van der Waals surface area contributed by atoms with Gasteiger partial charge in [0.15, 0.2) is 11.5 Å². The van der Waals surface area contributed by atoms with Gasteiger partial charge in [-0.3, -0.25) is 9.58 Å². The molecule has 1 N–H and O–H groups in total. The van der Waals surface area contributed by atoms with E-state index in [0.717, 1.165) is 42.9 Å². The van der Waals surface area contributed by atoms with Crippen LogP contribution in [0.2, 0.25) is 0 Å². The number of ether oxygens (including phenoxy) is 1. The predicted octanol–water partition coefficient (Wildman–Crippen LogP) is 3.77. The number of aromatic nitrogens is 2. The lowest BCUT2D eigenvalue weighted by molar-refractivity contribution is 0.214. The Balaban J connectivity index is 1.59. The zero-order chi connectivity index (χ0) is 18.8. The topological polar surface area (TPSA) is 50.5 Å². The van der Waals surface area contributed by atoms with Crippen LogP contribution in [-0.2, 0) is 13.1 Å². The van der Waals surface area contributed by atoms with Crippen molar-refractivity contribution in [1.82, 2.24) is 14.7 Å². The number of phenols is 1. The van der Waals surface area contributed by atoms with Crippen molar-refractivity contribution in [3.8, 4) is 22.6 Å². The van der Waals surface area contributed by atoms with Gasteiger partial charge in [0.2, 0.25) is 0 Å². The molecule has 27 heavy (non-hydrogen) atoms. The Hall–Kier alpha value is -2.79. The van der Waals surface area contributed by atoms with Gasteiger partial charge in [-0.15, -0.1) is 0 Å². The van der Waals surface area contributed by atoms with Crippen molar-refractivity contribution in [3.05, 3.63) is 65.5 Å². The summed E-state index contributed by atoms with van der Waals surface area (Å²) in [7, 11) is 0. The number of aryl methyl sites for hydroxylation is 2. The molecular formula is C22H25N3O2. The quantitative estimate of drug-likeness (QED) is 0.767. The highest BCUT2D eigenvalue weighted by Crippen LogP contribution is 2.38. The number of nitrogens with zero attached hydrogens (tertiary/aromatic N) is 3. The largest absolute Gasteiger partial charge is 0.504 e. The summed E-state index contributed by atoms with van der Waals surface area (Å²) < 4.78 is 7.90. The Morgan fingerprint density at radius 3 is 2.74 bits per heavy atom. The molecule has 0 unspecified atom stereocenters. The first kappa shape index (κ1) is 17.6. The normalized spacial score (nSPS) is 14.4. The Bertz CT molecular complexity index is 948. The van der Waals surface area contributed by atoms with E-state index in [-0.39, 0.29) is 5.75 Å². The first-order valence-electron chi connectivity index (χ1n) is 9.37. The van der Waals surface area contributed by atoms with Crippen molar-refractivity contribution in [2.45, 2.75) is 26.9 Å². The van der Waals surface area contributed by atoms with Crippen molar-refractivity contribution in [1.29, 1.82) is 0 Å². The van der Waals surface area contributed by atoms with E-state index >= 15 is 0 Å². The van der Waals surface area contributed by atoms with E-state index in [1.807, 2.05) is 35.1 Å². The van der Waals surface area contributed by atoms with Crippen LogP contribution in [0.5, 0.6) is 11.5 Å². The van der Waals surface area contributed by atoms with E-state index in [1.165, 1.54) is 11.3 Å². The van der Waals surface area contributed by atoms with Crippen LogP contribution in [0.15, 0.2) is 48.7 Å². The van der Waals surface area contributed by atoms with Gasteiger partial charge in [-0.05, 0) is 48.7 Å². The van der Waals surface area contributed by atoms with Crippen molar-refractivity contribution in [3.63, 3.8) is 0 Å². The molecule has 2 heterocycles. The summed E-state index contributed by atoms with van der Waals surface area (Å²) in [6.07, 6.45) is 1.84. The number of hydrogen-bond donors (Lipinski definition) is 1. The lowest BCUT2D eigenvalue weighted by Crippen LogP contribution is -2.29. The van der Waals surface area contributed by atoms with Crippen LogP contribution in [0, 0.1) is 13.8 Å². The Kier molecular flexibility index (Phi) is 4.86. The molecule has 2 aromatic carbocycles. The summed E-state index contributed by atoms with van der Waals surface area (Å²) in [6.45, 7) is 8.05. The summed E-state index contributed by atoms with van der Waals surface area (Å²) in [5.74, 6) is 0.834. The molecule has 0 atom stereocenters. The van der Waals surface area contributed by atoms with E-state index in [0.29, 0.717) is 12.4 Å². The number of phenolic OH excluding ortho intramolecular Hbond substituents is 1. The summed E-state index contributed by atoms with van der Waals surface area (Å²) >= 11 is 0. The first-order valence-corrected chi connectivity index (χ1v) is 9.37. The van der Waals surface area contributed by atoms with E-state index in [4.69, 9.17) is 4.74 Å². The molecule has 5 nitrogen and oxygen atoms in total. The minimum absolute atomic E-state index is 0.218. The average Bonchev–Trinajstić information content (AvgIpc) is 2.94. The summed E-state index contributed by atoms with van der Waals surface area (Å²) in [5.41, 5.74) is 5.55. The van der Waals surface area contributed by atoms with Gasteiger partial charge in [-0.25, -0.2) is 0 Å².